The lowest BCUT2D eigenvalue weighted by atomic mass is 10.0. The van der Waals surface area contributed by atoms with Gasteiger partial charge in [-0.15, -0.1) is 0 Å². The van der Waals surface area contributed by atoms with Crippen molar-refractivity contribution in [2.75, 3.05) is 39.6 Å². The molecule has 0 aliphatic carbocycles. The van der Waals surface area contributed by atoms with Crippen LogP contribution in [0.1, 0.15) is 19.4 Å². The Hall–Kier alpha value is -3.64. The highest BCUT2D eigenvalue weighted by atomic mass is 19.1. The predicted octanol–water partition coefficient (Wildman–Crippen LogP) is 0.972. The lowest BCUT2D eigenvalue weighted by Crippen LogP contribution is -2.54. The van der Waals surface area contributed by atoms with E-state index in [9.17, 15) is 33.1 Å². The molecule has 194 valence electrons. The minimum absolute atomic E-state index is 0.0145. The highest BCUT2D eigenvalue weighted by Crippen LogP contribution is 2.20. The topological polar surface area (TPSA) is 125 Å². The van der Waals surface area contributed by atoms with Gasteiger partial charge in [0.1, 0.15) is 11.6 Å². The van der Waals surface area contributed by atoms with Crippen molar-refractivity contribution in [3.8, 4) is 0 Å². The average Bonchev–Trinajstić information content (AvgIpc) is 2.85. The van der Waals surface area contributed by atoms with Gasteiger partial charge in [0.25, 0.3) is 11.8 Å². The first-order chi connectivity index (χ1) is 17.1. The fourth-order valence-corrected chi connectivity index (χ4v) is 3.75. The van der Waals surface area contributed by atoms with Gasteiger partial charge >= 0.3 is 0 Å². The number of aliphatic hydroxyl groups excluding tert-OH is 1. The second-order valence-corrected chi connectivity index (χ2v) is 8.23. The van der Waals surface area contributed by atoms with Crippen LogP contribution in [0.25, 0.3) is 0 Å². The van der Waals surface area contributed by atoms with Gasteiger partial charge < -0.3 is 29.7 Å². The first-order valence-electron chi connectivity index (χ1n) is 11.2. The average molecular weight is 507 g/mol. The third kappa shape index (κ3) is 6.32. The SMILES string of the molecule is C/C=C(/C(=O)NCc1ccc(F)cc1F)C(=O)/C(O)=C1\CN(C(C)=O)CN(CC2COCCO2)C1=O. The number of benzene rings is 1. The summed E-state index contributed by atoms with van der Waals surface area (Å²) >= 11 is 0. The molecular formula is C24H27F2N3O7. The molecule has 1 aromatic rings. The Kier molecular flexibility index (Phi) is 8.88. The van der Waals surface area contributed by atoms with E-state index in [1.807, 2.05) is 0 Å². The van der Waals surface area contributed by atoms with E-state index in [-0.39, 0.29) is 44.0 Å². The molecule has 3 rings (SSSR count). The fourth-order valence-electron chi connectivity index (χ4n) is 3.75. The number of nitrogens with one attached hydrogen (secondary N) is 1. The number of hydrogen-bond donors (Lipinski definition) is 2. The first kappa shape index (κ1) is 27.0. The van der Waals surface area contributed by atoms with Crippen molar-refractivity contribution in [3.05, 3.63) is 58.4 Å². The largest absolute Gasteiger partial charge is 0.504 e. The number of Topliss-reactive ketones (excluding diaryl/α,β-unsaturated/α-hetero) is 1. The van der Waals surface area contributed by atoms with Crippen molar-refractivity contribution in [2.24, 2.45) is 0 Å². The maximum absolute atomic E-state index is 13.9. The summed E-state index contributed by atoms with van der Waals surface area (Å²) in [6.07, 6.45) is 0.689. The van der Waals surface area contributed by atoms with Crippen molar-refractivity contribution >= 4 is 23.5 Å². The standard InChI is InChI=1S/C24H27F2N3O7/c1-3-18(23(33)27-9-15-4-5-16(25)8-20(15)26)21(31)22(32)19-11-28(14(2)30)13-29(24(19)34)10-17-12-35-6-7-36-17/h3-5,8,17,32H,6-7,9-13H2,1-2H3,(H,27,33)/b18-3+,22-19-. The maximum Gasteiger partial charge on any atom is 0.256 e. The summed E-state index contributed by atoms with van der Waals surface area (Å²) in [7, 11) is 0. The Morgan fingerprint density at radius 2 is 2.00 bits per heavy atom. The van der Waals surface area contributed by atoms with Gasteiger partial charge in [0, 0.05) is 25.1 Å². The highest BCUT2D eigenvalue weighted by molar-refractivity contribution is 6.26. The third-order valence-electron chi connectivity index (χ3n) is 5.72. The van der Waals surface area contributed by atoms with Gasteiger partial charge in [-0.1, -0.05) is 12.1 Å². The minimum atomic E-state index is -1.14. The molecular weight excluding hydrogens is 480 g/mol. The van der Waals surface area contributed by atoms with Crippen molar-refractivity contribution in [3.63, 3.8) is 0 Å². The second kappa shape index (κ2) is 11.9. The number of aliphatic hydroxyl groups is 1. The summed E-state index contributed by atoms with van der Waals surface area (Å²) in [6, 6.07) is 2.83. The number of carbonyl (C=O) groups is 4. The summed E-state index contributed by atoms with van der Waals surface area (Å²) < 4.78 is 37.8. The Balaban J connectivity index is 1.78. The molecule has 0 spiro atoms. The van der Waals surface area contributed by atoms with Crippen LogP contribution in [0.3, 0.4) is 0 Å². The summed E-state index contributed by atoms with van der Waals surface area (Å²) in [5.74, 6) is -5.79. The van der Waals surface area contributed by atoms with Crippen LogP contribution < -0.4 is 5.32 Å². The van der Waals surface area contributed by atoms with Crippen LogP contribution in [0.4, 0.5) is 8.78 Å². The Bertz CT molecular complexity index is 1110. The van der Waals surface area contributed by atoms with Crippen LogP contribution >= 0.6 is 0 Å². The maximum atomic E-state index is 13.9. The van der Waals surface area contributed by atoms with Crippen LogP contribution in [-0.2, 0) is 35.2 Å². The molecule has 2 aliphatic rings. The van der Waals surface area contributed by atoms with Crippen LogP contribution in [0.5, 0.6) is 0 Å². The lowest BCUT2D eigenvalue weighted by Gasteiger charge is -2.38. The molecule has 1 unspecified atom stereocenters. The molecule has 2 saturated heterocycles. The molecule has 12 heteroatoms. The fraction of sp³-hybridized carbons (Fsp3) is 0.417. The molecule has 36 heavy (non-hydrogen) atoms. The number of allylic oxidation sites excluding steroid dienone is 2. The van der Waals surface area contributed by atoms with Gasteiger partial charge in [0.05, 0.1) is 56.8 Å². The van der Waals surface area contributed by atoms with E-state index in [0.29, 0.717) is 19.3 Å². The number of rotatable bonds is 7. The van der Waals surface area contributed by atoms with E-state index < -0.39 is 52.6 Å². The van der Waals surface area contributed by atoms with Crippen LogP contribution in [0.2, 0.25) is 0 Å². The molecule has 2 heterocycles. The van der Waals surface area contributed by atoms with Gasteiger partial charge in [0.15, 0.2) is 5.76 Å². The Morgan fingerprint density at radius 1 is 1.25 bits per heavy atom. The smallest absolute Gasteiger partial charge is 0.256 e. The monoisotopic (exact) mass is 507 g/mol. The number of hydrogen-bond acceptors (Lipinski definition) is 7. The van der Waals surface area contributed by atoms with Crippen LogP contribution in [0.15, 0.2) is 41.2 Å². The zero-order chi connectivity index (χ0) is 26.4. The molecule has 0 saturated carbocycles. The summed E-state index contributed by atoms with van der Waals surface area (Å²) in [5, 5.41) is 13.0. The van der Waals surface area contributed by atoms with E-state index in [0.717, 1.165) is 18.2 Å². The molecule has 2 N–H and O–H groups in total. The zero-order valence-corrected chi connectivity index (χ0v) is 19.9. The van der Waals surface area contributed by atoms with E-state index in [1.54, 1.807) is 0 Å². The van der Waals surface area contributed by atoms with Crippen LogP contribution in [-0.4, -0.2) is 84.1 Å². The second-order valence-electron chi connectivity index (χ2n) is 8.23. The van der Waals surface area contributed by atoms with E-state index >= 15 is 0 Å². The normalized spacial score (nSPS) is 20.3. The van der Waals surface area contributed by atoms with Gasteiger partial charge in [-0.2, -0.15) is 0 Å². The summed E-state index contributed by atoms with van der Waals surface area (Å²) in [5.41, 5.74) is -0.861. The molecule has 1 aromatic carbocycles. The third-order valence-corrected chi connectivity index (χ3v) is 5.72. The van der Waals surface area contributed by atoms with Crippen molar-refractivity contribution in [2.45, 2.75) is 26.5 Å². The van der Waals surface area contributed by atoms with Gasteiger partial charge in [-0.05, 0) is 13.0 Å². The molecule has 2 fully saturated rings. The van der Waals surface area contributed by atoms with E-state index in [4.69, 9.17) is 9.47 Å². The number of ketones is 1. The zero-order valence-electron chi connectivity index (χ0n) is 19.9. The Morgan fingerprint density at radius 3 is 2.61 bits per heavy atom. The quantitative estimate of drug-likeness (QED) is 0.244. The Labute approximate surface area is 206 Å². The van der Waals surface area contributed by atoms with E-state index in [1.165, 1.54) is 23.6 Å². The van der Waals surface area contributed by atoms with Crippen molar-refractivity contribution < 1.29 is 42.5 Å². The summed E-state index contributed by atoms with van der Waals surface area (Å²) in [4.78, 5) is 53.3. The molecule has 0 bridgehead atoms. The molecule has 2 aliphatic heterocycles. The predicted molar refractivity (Wildman–Crippen MR) is 121 cm³/mol. The van der Waals surface area contributed by atoms with Crippen LogP contribution in [0, 0.1) is 11.6 Å². The number of halogens is 2. The van der Waals surface area contributed by atoms with Gasteiger partial charge in [-0.25, -0.2) is 8.78 Å². The molecule has 3 amide bonds. The van der Waals surface area contributed by atoms with Gasteiger partial charge in [0.2, 0.25) is 11.7 Å². The molecule has 1 atom stereocenters. The number of amides is 3. The van der Waals surface area contributed by atoms with Crippen molar-refractivity contribution in [1.82, 2.24) is 15.1 Å². The molecule has 0 radical (unpaired) electrons. The minimum Gasteiger partial charge on any atom is -0.504 e. The number of carbonyl (C=O) groups excluding carboxylic acids is 4. The van der Waals surface area contributed by atoms with E-state index in [2.05, 4.69) is 5.32 Å². The number of nitrogens with zero attached hydrogens (tertiary/aromatic N) is 2. The van der Waals surface area contributed by atoms with Gasteiger partial charge in [-0.3, -0.25) is 19.2 Å². The first-order valence-corrected chi connectivity index (χ1v) is 11.2. The highest BCUT2D eigenvalue weighted by Gasteiger charge is 2.36. The number of ether oxygens (including phenoxy) is 2. The lowest BCUT2D eigenvalue weighted by molar-refractivity contribution is -0.147. The molecule has 10 nitrogen and oxygen atoms in total. The molecule has 0 aromatic heterocycles. The summed E-state index contributed by atoms with van der Waals surface area (Å²) in [6.45, 7) is 2.98. The van der Waals surface area contributed by atoms with Crippen molar-refractivity contribution in [1.29, 1.82) is 0 Å².